The molecular formula is C10H12O. The molecule has 0 saturated carbocycles. The second-order valence-corrected chi connectivity index (χ2v) is 2.21. The predicted molar refractivity (Wildman–Crippen MR) is 45.8 cm³/mol. The van der Waals surface area contributed by atoms with Crippen LogP contribution in [-0.2, 0) is 4.79 Å². The lowest BCUT2D eigenvalue weighted by Gasteiger charge is -1.80. The number of hydrogen-bond acceptors (Lipinski definition) is 1. The third kappa shape index (κ3) is 8.79. The number of ketones is 1. The molecular weight excluding hydrogens is 136 g/mol. The van der Waals surface area contributed by atoms with Gasteiger partial charge in [0.05, 0.1) is 0 Å². The number of rotatable bonds is 2. The van der Waals surface area contributed by atoms with Crippen LogP contribution >= 0.6 is 0 Å². The van der Waals surface area contributed by atoms with E-state index in [0.29, 0.717) is 0 Å². The van der Waals surface area contributed by atoms with Gasteiger partial charge in [-0.25, -0.2) is 0 Å². The molecule has 0 aromatic rings. The first kappa shape index (κ1) is 9.79. The third-order valence-corrected chi connectivity index (χ3v) is 1.04. The van der Waals surface area contributed by atoms with Crippen molar-refractivity contribution in [2.24, 2.45) is 0 Å². The fraction of sp³-hybridized carbons (Fsp3) is 0.500. The van der Waals surface area contributed by atoms with Crippen LogP contribution in [0, 0.1) is 23.7 Å². The molecule has 58 valence electrons. The second kappa shape index (κ2) is 6.90. The van der Waals surface area contributed by atoms with Crippen molar-refractivity contribution < 1.29 is 4.79 Å². The monoisotopic (exact) mass is 148 g/mol. The first-order valence-electron chi connectivity index (χ1n) is 3.76. The Hall–Kier alpha value is -1.21. The van der Waals surface area contributed by atoms with Crippen molar-refractivity contribution in [1.82, 2.24) is 0 Å². The van der Waals surface area contributed by atoms with Gasteiger partial charge in [0.2, 0.25) is 5.78 Å². The normalized spacial score (nSPS) is 7.09. The summed E-state index contributed by atoms with van der Waals surface area (Å²) in [4.78, 5) is 10.3. The fourth-order valence-corrected chi connectivity index (χ4v) is 0.491. The first-order chi connectivity index (χ1) is 5.27. The Labute approximate surface area is 68.2 Å². The summed E-state index contributed by atoms with van der Waals surface area (Å²) in [6, 6.07) is 0. The molecule has 0 amide bonds. The molecule has 0 spiro atoms. The minimum Gasteiger partial charge on any atom is -0.285 e. The highest BCUT2D eigenvalue weighted by atomic mass is 16.1. The maximum Gasteiger partial charge on any atom is 0.203 e. The molecule has 0 radical (unpaired) electrons. The Morgan fingerprint density at radius 1 is 1.36 bits per heavy atom. The number of carbonyl (C=O) groups excluding carboxylic acids is 1. The smallest absolute Gasteiger partial charge is 0.203 e. The molecule has 0 aromatic carbocycles. The molecule has 0 N–H and O–H groups in total. The van der Waals surface area contributed by atoms with Crippen LogP contribution in [0.1, 0.15) is 33.1 Å². The zero-order valence-corrected chi connectivity index (χ0v) is 7.03. The van der Waals surface area contributed by atoms with Gasteiger partial charge in [-0.15, -0.1) is 0 Å². The summed E-state index contributed by atoms with van der Waals surface area (Å²) in [6.07, 6.45) is 3.13. The molecule has 1 heteroatoms. The molecule has 0 heterocycles. The summed E-state index contributed by atoms with van der Waals surface area (Å²) >= 11 is 0. The van der Waals surface area contributed by atoms with Gasteiger partial charge in [-0.05, 0) is 24.2 Å². The minimum atomic E-state index is -0.130. The highest BCUT2D eigenvalue weighted by Crippen LogP contribution is 1.89. The van der Waals surface area contributed by atoms with Crippen LogP contribution in [-0.4, -0.2) is 5.78 Å². The van der Waals surface area contributed by atoms with E-state index in [-0.39, 0.29) is 5.78 Å². The zero-order valence-electron chi connectivity index (χ0n) is 7.03. The Morgan fingerprint density at radius 3 is 2.64 bits per heavy atom. The Bertz CT molecular complexity index is 229. The highest BCUT2D eigenvalue weighted by molar-refractivity contribution is 5.93. The molecule has 0 rings (SSSR count). The van der Waals surface area contributed by atoms with E-state index in [9.17, 15) is 4.79 Å². The van der Waals surface area contributed by atoms with E-state index in [1.54, 1.807) is 0 Å². The molecule has 0 bridgehead atoms. The Kier molecular flexibility index (Phi) is 6.14. The van der Waals surface area contributed by atoms with Gasteiger partial charge in [0.25, 0.3) is 0 Å². The third-order valence-electron chi connectivity index (χ3n) is 1.04. The zero-order chi connectivity index (χ0) is 8.53. The lowest BCUT2D eigenvalue weighted by Crippen LogP contribution is -1.78. The van der Waals surface area contributed by atoms with Gasteiger partial charge in [0.1, 0.15) is 0 Å². The van der Waals surface area contributed by atoms with Gasteiger partial charge in [0, 0.05) is 13.3 Å². The van der Waals surface area contributed by atoms with Crippen LogP contribution in [0.15, 0.2) is 0 Å². The number of unbranched alkanes of at least 4 members (excludes halogenated alkanes) is 2. The van der Waals surface area contributed by atoms with Crippen LogP contribution in [0.3, 0.4) is 0 Å². The van der Waals surface area contributed by atoms with Crippen molar-refractivity contribution in [2.45, 2.75) is 33.1 Å². The van der Waals surface area contributed by atoms with Gasteiger partial charge in [-0.2, -0.15) is 0 Å². The molecule has 0 unspecified atom stereocenters. The van der Waals surface area contributed by atoms with E-state index in [1.807, 2.05) is 0 Å². The maximum absolute atomic E-state index is 10.3. The van der Waals surface area contributed by atoms with Crippen LogP contribution in [0.25, 0.3) is 0 Å². The van der Waals surface area contributed by atoms with Crippen LogP contribution < -0.4 is 0 Å². The summed E-state index contributed by atoms with van der Waals surface area (Å²) in [5.74, 6) is 10.2. The highest BCUT2D eigenvalue weighted by Gasteiger charge is 1.76. The van der Waals surface area contributed by atoms with Crippen molar-refractivity contribution in [3.63, 3.8) is 0 Å². The van der Waals surface area contributed by atoms with E-state index in [4.69, 9.17) is 0 Å². The quantitative estimate of drug-likeness (QED) is 0.331. The van der Waals surface area contributed by atoms with Crippen LogP contribution in [0.2, 0.25) is 0 Å². The molecule has 0 aliphatic heterocycles. The SMILES string of the molecule is CCCCC#CC#CC(C)=O. The topological polar surface area (TPSA) is 17.1 Å². The minimum absolute atomic E-state index is 0.130. The number of hydrogen-bond donors (Lipinski definition) is 0. The average molecular weight is 148 g/mol. The van der Waals surface area contributed by atoms with E-state index in [0.717, 1.165) is 19.3 Å². The number of Topliss-reactive ketones (excluding diaryl/α,β-unsaturated/α-hetero) is 1. The Balaban J connectivity index is 3.57. The van der Waals surface area contributed by atoms with Crippen LogP contribution in [0.4, 0.5) is 0 Å². The van der Waals surface area contributed by atoms with Crippen molar-refractivity contribution in [1.29, 1.82) is 0 Å². The lowest BCUT2D eigenvalue weighted by molar-refractivity contribution is -0.111. The standard InChI is InChI=1S/C10H12O/c1-3-4-5-6-7-8-9-10(2)11/h3-5H2,1-2H3. The molecule has 0 aromatic heterocycles. The lowest BCUT2D eigenvalue weighted by atomic mass is 10.2. The second-order valence-electron chi connectivity index (χ2n) is 2.21. The van der Waals surface area contributed by atoms with Crippen molar-refractivity contribution >= 4 is 5.78 Å². The summed E-state index contributed by atoms with van der Waals surface area (Å²) in [6.45, 7) is 3.55. The van der Waals surface area contributed by atoms with E-state index >= 15 is 0 Å². The van der Waals surface area contributed by atoms with Gasteiger partial charge in [-0.1, -0.05) is 19.3 Å². The average Bonchev–Trinajstić information content (AvgIpc) is 1.96. The molecule has 0 aliphatic rings. The fourth-order valence-electron chi connectivity index (χ4n) is 0.491. The summed E-state index contributed by atoms with van der Waals surface area (Å²) in [5.41, 5.74) is 0. The molecule has 11 heavy (non-hydrogen) atoms. The van der Waals surface area contributed by atoms with Gasteiger partial charge >= 0.3 is 0 Å². The summed E-state index contributed by atoms with van der Waals surface area (Å²) in [7, 11) is 0. The van der Waals surface area contributed by atoms with Gasteiger partial charge in [0.15, 0.2) is 0 Å². The van der Waals surface area contributed by atoms with Crippen molar-refractivity contribution in [3.05, 3.63) is 0 Å². The summed E-state index contributed by atoms with van der Waals surface area (Å²) < 4.78 is 0. The van der Waals surface area contributed by atoms with E-state index < -0.39 is 0 Å². The molecule has 0 atom stereocenters. The van der Waals surface area contributed by atoms with Crippen molar-refractivity contribution in [3.8, 4) is 23.7 Å². The molecule has 0 aliphatic carbocycles. The number of carbonyl (C=O) groups is 1. The summed E-state index contributed by atoms with van der Waals surface area (Å²) in [5, 5.41) is 0. The van der Waals surface area contributed by atoms with Crippen molar-refractivity contribution in [2.75, 3.05) is 0 Å². The van der Waals surface area contributed by atoms with E-state index in [1.165, 1.54) is 6.92 Å². The molecule has 0 saturated heterocycles. The maximum atomic E-state index is 10.3. The van der Waals surface area contributed by atoms with Gasteiger partial charge in [-0.3, -0.25) is 4.79 Å². The van der Waals surface area contributed by atoms with Gasteiger partial charge < -0.3 is 0 Å². The molecule has 0 fully saturated rings. The predicted octanol–water partition coefficient (Wildman–Crippen LogP) is 1.77. The Morgan fingerprint density at radius 2 is 2.09 bits per heavy atom. The van der Waals surface area contributed by atoms with Crippen LogP contribution in [0.5, 0.6) is 0 Å². The first-order valence-corrected chi connectivity index (χ1v) is 3.76. The van der Waals surface area contributed by atoms with E-state index in [2.05, 4.69) is 30.6 Å². The molecule has 1 nitrogen and oxygen atoms in total. The largest absolute Gasteiger partial charge is 0.285 e.